The molecule has 2 rings (SSSR count). The molecule has 1 aliphatic rings. The molecule has 17 heavy (non-hydrogen) atoms. The summed E-state index contributed by atoms with van der Waals surface area (Å²) >= 11 is 0. The highest BCUT2D eigenvalue weighted by molar-refractivity contribution is 5.88. The molecule has 0 N–H and O–H groups in total. The zero-order chi connectivity index (χ0) is 12.3. The molecule has 1 aromatic heterocycles. The Morgan fingerprint density at radius 2 is 2.00 bits per heavy atom. The monoisotopic (exact) mass is 233 g/mol. The topological polar surface area (TPSA) is 52.1 Å². The van der Waals surface area contributed by atoms with Gasteiger partial charge in [-0.05, 0) is 19.8 Å². The van der Waals surface area contributed by atoms with E-state index in [0.29, 0.717) is 11.6 Å². The molecule has 0 unspecified atom stereocenters. The maximum absolute atomic E-state index is 11.5. The van der Waals surface area contributed by atoms with Gasteiger partial charge in [0, 0.05) is 11.5 Å². The Balaban J connectivity index is 2.31. The second kappa shape index (κ2) is 5.25. The molecular formula is C13H17N2O2. The molecule has 1 radical (unpaired) electrons. The Hall–Kier alpha value is -1.45. The summed E-state index contributed by atoms with van der Waals surface area (Å²) in [4.78, 5) is 19.7. The predicted molar refractivity (Wildman–Crippen MR) is 62.8 cm³/mol. The molecule has 1 saturated carbocycles. The van der Waals surface area contributed by atoms with Crippen molar-refractivity contribution in [3.8, 4) is 0 Å². The Kier molecular flexibility index (Phi) is 3.71. The summed E-state index contributed by atoms with van der Waals surface area (Å²) < 4.78 is 4.71. The Bertz CT molecular complexity index is 412. The van der Waals surface area contributed by atoms with E-state index >= 15 is 0 Å². The summed E-state index contributed by atoms with van der Waals surface area (Å²) in [5.74, 6) is 0.0459. The molecule has 4 heteroatoms. The first-order valence-corrected chi connectivity index (χ1v) is 6.07. The fraction of sp³-hybridized carbons (Fsp3) is 0.615. The number of methoxy groups -OCH3 is 1. The van der Waals surface area contributed by atoms with Gasteiger partial charge in [0.05, 0.1) is 12.8 Å². The summed E-state index contributed by atoms with van der Waals surface area (Å²) in [6.07, 6.45) is 8.65. The van der Waals surface area contributed by atoms with Crippen molar-refractivity contribution in [1.29, 1.82) is 0 Å². The molecule has 4 nitrogen and oxygen atoms in total. The van der Waals surface area contributed by atoms with Gasteiger partial charge >= 0.3 is 5.97 Å². The first-order chi connectivity index (χ1) is 8.24. The second-order valence-corrected chi connectivity index (χ2v) is 4.51. The van der Waals surface area contributed by atoms with Gasteiger partial charge in [-0.15, -0.1) is 0 Å². The van der Waals surface area contributed by atoms with Gasteiger partial charge in [-0.2, -0.15) is 0 Å². The third-order valence-corrected chi connectivity index (χ3v) is 3.44. The molecule has 0 saturated heterocycles. The summed E-state index contributed by atoms with van der Waals surface area (Å²) in [6, 6.07) is 0. The molecular weight excluding hydrogens is 216 g/mol. The van der Waals surface area contributed by atoms with Crippen molar-refractivity contribution in [3.63, 3.8) is 0 Å². The molecule has 1 aromatic rings. The van der Waals surface area contributed by atoms with Crippen molar-refractivity contribution in [2.45, 2.75) is 44.9 Å². The number of hydrogen-bond acceptors (Lipinski definition) is 4. The number of rotatable bonds is 2. The minimum Gasteiger partial charge on any atom is -0.464 e. The molecule has 0 atom stereocenters. The van der Waals surface area contributed by atoms with Gasteiger partial charge in [0.15, 0.2) is 12.0 Å². The van der Waals surface area contributed by atoms with Crippen molar-refractivity contribution < 1.29 is 9.53 Å². The molecule has 1 fully saturated rings. The average Bonchev–Trinajstić information content (AvgIpc) is 2.39. The fourth-order valence-corrected chi connectivity index (χ4v) is 2.49. The molecule has 1 heterocycles. The van der Waals surface area contributed by atoms with Crippen molar-refractivity contribution in [1.82, 2.24) is 9.97 Å². The highest BCUT2D eigenvalue weighted by Crippen LogP contribution is 2.33. The zero-order valence-electron chi connectivity index (χ0n) is 10.3. The van der Waals surface area contributed by atoms with Crippen molar-refractivity contribution >= 4 is 5.97 Å². The van der Waals surface area contributed by atoms with E-state index in [-0.39, 0.29) is 0 Å². The van der Waals surface area contributed by atoms with Crippen LogP contribution in [-0.2, 0) is 4.74 Å². The van der Waals surface area contributed by atoms with Crippen LogP contribution in [0.2, 0.25) is 0 Å². The smallest absolute Gasteiger partial charge is 0.357 e. The molecule has 0 aromatic carbocycles. The van der Waals surface area contributed by atoms with Crippen molar-refractivity contribution in [3.05, 3.63) is 23.3 Å². The van der Waals surface area contributed by atoms with Gasteiger partial charge in [-0.3, -0.25) is 0 Å². The zero-order valence-corrected chi connectivity index (χ0v) is 10.3. The van der Waals surface area contributed by atoms with Gasteiger partial charge in [0.1, 0.15) is 0 Å². The van der Waals surface area contributed by atoms with Crippen LogP contribution in [0.1, 0.15) is 59.8 Å². The number of carbonyl (C=O) groups excluding carboxylic acids is 1. The molecule has 1 aliphatic carbocycles. The lowest BCUT2D eigenvalue weighted by molar-refractivity contribution is 0.0592. The van der Waals surface area contributed by atoms with E-state index in [1.54, 1.807) is 0 Å². The quantitative estimate of drug-likeness (QED) is 0.736. The SMILES string of the molecule is COC(=O)c1n[c]nc(C2CCCCC2)c1C. The Morgan fingerprint density at radius 3 is 2.65 bits per heavy atom. The number of aromatic nitrogens is 2. The molecule has 0 spiro atoms. The minimum absolute atomic E-state index is 0.350. The first-order valence-electron chi connectivity index (χ1n) is 6.07. The maximum atomic E-state index is 11.5. The number of ether oxygens (including phenoxy) is 1. The highest BCUT2D eigenvalue weighted by atomic mass is 16.5. The average molecular weight is 233 g/mol. The lowest BCUT2D eigenvalue weighted by Crippen LogP contribution is -2.14. The second-order valence-electron chi connectivity index (χ2n) is 4.51. The van der Waals surface area contributed by atoms with E-state index in [0.717, 1.165) is 24.1 Å². The molecule has 0 amide bonds. The summed E-state index contributed by atoms with van der Waals surface area (Å²) in [6.45, 7) is 1.89. The van der Waals surface area contributed by atoms with Crippen molar-refractivity contribution in [2.24, 2.45) is 0 Å². The Morgan fingerprint density at radius 1 is 1.29 bits per heavy atom. The fourth-order valence-electron chi connectivity index (χ4n) is 2.49. The van der Waals surface area contributed by atoms with Gasteiger partial charge in [0.2, 0.25) is 0 Å². The van der Waals surface area contributed by atoms with Gasteiger partial charge in [0.25, 0.3) is 0 Å². The van der Waals surface area contributed by atoms with Crippen LogP contribution >= 0.6 is 0 Å². The number of carbonyl (C=O) groups is 1. The molecule has 0 aliphatic heterocycles. The number of hydrogen-bond donors (Lipinski definition) is 0. The summed E-state index contributed by atoms with van der Waals surface area (Å²) in [7, 11) is 1.37. The summed E-state index contributed by atoms with van der Waals surface area (Å²) in [5.41, 5.74) is 2.17. The minimum atomic E-state index is -0.404. The number of nitrogens with zero attached hydrogens (tertiary/aromatic N) is 2. The van der Waals surface area contributed by atoms with Crippen LogP contribution in [0.25, 0.3) is 0 Å². The van der Waals surface area contributed by atoms with Crippen LogP contribution < -0.4 is 0 Å². The lowest BCUT2D eigenvalue weighted by atomic mass is 9.85. The predicted octanol–water partition coefficient (Wildman–Crippen LogP) is 2.42. The van der Waals surface area contributed by atoms with E-state index in [2.05, 4.69) is 16.3 Å². The third-order valence-electron chi connectivity index (χ3n) is 3.44. The van der Waals surface area contributed by atoms with E-state index in [9.17, 15) is 4.79 Å². The van der Waals surface area contributed by atoms with Crippen molar-refractivity contribution in [2.75, 3.05) is 7.11 Å². The largest absolute Gasteiger partial charge is 0.464 e. The highest BCUT2D eigenvalue weighted by Gasteiger charge is 2.22. The van der Waals surface area contributed by atoms with Crippen LogP contribution in [0.4, 0.5) is 0 Å². The van der Waals surface area contributed by atoms with Crippen LogP contribution in [0, 0.1) is 13.3 Å². The first kappa shape index (κ1) is 12.0. The van der Waals surface area contributed by atoms with Gasteiger partial charge in [-0.25, -0.2) is 14.8 Å². The van der Waals surface area contributed by atoms with Crippen LogP contribution in [0.15, 0.2) is 0 Å². The van der Waals surface area contributed by atoms with E-state index in [4.69, 9.17) is 4.74 Å². The van der Waals surface area contributed by atoms with Gasteiger partial charge < -0.3 is 4.74 Å². The van der Waals surface area contributed by atoms with Crippen LogP contribution in [-0.4, -0.2) is 23.0 Å². The van der Waals surface area contributed by atoms with E-state index < -0.39 is 5.97 Å². The Labute approximate surface area is 101 Å². The molecule has 0 bridgehead atoms. The molecule has 91 valence electrons. The lowest BCUT2D eigenvalue weighted by Gasteiger charge is -2.22. The van der Waals surface area contributed by atoms with Crippen LogP contribution in [0.5, 0.6) is 0 Å². The standard InChI is InChI=1S/C13H17N2O2/c1-9-11(10-6-4-3-5-7-10)14-8-15-12(9)13(16)17-2/h10H,3-7H2,1-2H3. The normalized spacial score (nSPS) is 16.8. The number of esters is 1. The van der Waals surface area contributed by atoms with Crippen LogP contribution in [0.3, 0.4) is 0 Å². The van der Waals surface area contributed by atoms with E-state index in [1.807, 2.05) is 6.92 Å². The third kappa shape index (κ3) is 2.46. The maximum Gasteiger partial charge on any atom is 0.357 e. The van der Waals surface area contributed by atoms with Gasteiger partial charge in [-0.1, -0.05) is 19.3 Å². The summed E-state index contributed by atoms with van der Waals surface area (Å²) in [5, 5.41) is 0. The van der Waals surface area contributed by atoms with E-state index in [1.165, 1.54) is 26.4 Å².